The summed E-state index contributed by atoms with van der Waals surface area (Å²) in [6.07, 6.45) is 2.32. The minimum atomic E-state index is -0.190. The summed E-state index contributed by atoms with van der Waals surface area (Å²) in [5, 5.41) is 7.48. The van der Waals surface area contributed by atoms with Gasteiger partial charge in [-0.05, 0) is 18.9 Å². The second kappa shape index (κ2) is 6.57. The molecular weight excluding hydrogens is 274 g/mol. The first-order valence-electron chi connectivity index (χ1n) is 6.74. The number of carbonyl (C=O) groups excluding carboxylic acids is 1. The number of benzene rings is 1. The van der Waals surface area contributed by atoms with Gasteiger partial charge in [0, 0.05) is 6.54 Å². The summed E-state index contributed by atoms with van der Waals surface area (Å²) in [7, 11) is 0. The van der Waals surface area contributed by atoms with Crippen LogP contribution in [-0.2, 0) is 6.54 Å². The van der Waals surface area contributed by atoms with E-state index in [-0.39, 0.29) is 11.9 Å². The van der Waals surface area contributed by atoms with Crippen molar-refractivity contribution >= 4 is 17.5 Å². The highest BCUT2D eigenvalue weighted by Gasteiger charge is 2.20. The zero-order valence-corrected chi connectivity index (χ0v) is 12.4. The molecule has 1 unspecified atom stereocenters. The number of hydrogen-bond donors (Lipinski definition) is 1. The Labute approximate surface area is 123 Å². The highest BCUT2D eigenvalue weighted by atomic mass is 35.5. The Kier molecular flexibility index (Phi) is 4.79. The molecule has 106 valence electrons. The Morgan fingerprint density at radius 1 is 1.35 bits per heavy atom. The summed E-state index contributed by atoms with van der Waals surface area (Å²) in [5.41, 5.74) is 1.51. The minimum Gasteiger partial charge on any atom is -0.344 e. The summed E-state index contributed by atoms with van der Waals surface area (Å²) < 4.78 is 1.61. The standard InChI is InChI=1S/C15H18ClN3O/c1-3-13(11-8-6-5-7-9-11)18-15(20)14-12(16)10-17-19(14)4-2/h5-10,13H,3-4H2,1-2H3,(H,18,20). The fraction of sp³-hybridized carbons (Fsp3) is 0.333. The number of amides is 1. The van der Waals surface area contributed by atoms with Crippen LogP contribution in [0.3, 0.4) is 0 Å². The van der Waals surface area contributed by atoms with Crippen LogP contribution in [0.4, 0.5) is 0 Å². The fourth-order valence-electron chi connectivity index (χ4n) is 2.16. The smallest absolute Gasteiger partial charge is 0.271 e. The number of aryl methyl sites for hydroxylation is 1. The van der Waals surface area contributed by atoms with Gasteiger partial charge in [-0.1, -0.05) is 48.9 Å². The Morgan fingerprint density at radius 2 is 2.05 bits per heavy atom. The first-order chi connectivity index (χ1) is 9.67. The summed E-state index contributed by atoms with van der Waals surface area (Å²) >= 11 is 6.05. The van der Waals surface area contributed by atoms with E-state index in [0.29, 0.717) is 17.3 Å². The first kappa shape index (κ1) is 14.6. The van der Waals surface area contributed by atoms with Crippen LogP contribution in [0.1, 0.15) is 42.4 Å². The number of halogens is 1. The SMILES string of the molecule is CCC(NC(=O)c1c(Cl)cnn1CC)c1ccccc1. The molecule has 1 amide bonds. The van der Waals surface area contributed by atoms with E-state index < -0.39 is 0 Å². The van der Waals surface area contributed by atoms with Crippen LogP contribution in [-0.4, -0.2) is 15.7 Å². The topological polar surface area (TPSA) is 46.9 Å². The van der Waals surface area contributed by atoms with E-state index in [9.17, 15) is 4.79 Å². The van der Waals surface area contributed by atoms with Crippen LogP contribution in [0.5, 0.6) is 0 Å². The van der Waals surface area contributed by atoms with Gasteiger partial charge in [0.1, 0.15) is 5.69 Å². The Hall–Kier alpha value is -1.81. The molecule has 0 bridgehead atoms. The lowest BCUT2D eigenvalue weighted by molar-refractivity contribution is 0.0925. The maximum atomic E-state index is 12.4. The normalized spacial score (nSPS) is 12.2. The number of aromatic nitrogens is 2. The number of rotatable bonds is 5. The Morgan fingerprint density at radius 3 is 2.65 bits per heavy atom. The van der Waals surface area contributed by atoms with Crippen molar-refractivity contribution in [3.8, 4) is 0 Å². The molecule has 1 atom stereocenters. The summed E-state index contributed by atoms with van der Waals surface area (Å²) in [5.74, 6) is -0.190. The first-order valence-corrected chi connectivity index (χ1v) is 7.12. The Balaban J connectivity index is 2.20. The lowest BCUT2D eigenvalue weighted by atomic mass is 10.0. The van der Waals surface area contributed by atoms with Crippen molar-refractivity contribution in [1.29, 1.82) is 0 Å². The third-order valence-electron chi connectivity index (χ3n) is 3.22. The van der Waals surface area contributed by atoms with Gasteiger partial charge < -0.3 is 5.32 Å². The van der Waals surface area contributed by atoms with Crippen molar-refractivity contribution < 1.29 is 4.79 Å². The van der Waals surface area contributed by atoms with Crippen molar-refractivity contribution in [2.24, 2.45) is 0 Å². The van der Waals surface area contributed by atoms with Crippen molar-refractivity contribution in [1.82, 2.24) is 15.1 Å². The predicted octanol–water partition coefficient (Wildman–Crippen LogP) is 3.44. The molecule has 2 aromatic rings. The second-order valence-electron chi connectivity index (χ2n) is 4.50. The molecule has 0 aliphatic rings. The molecule has 0 radical (unpaired) electrons. The van der Waals surface area contributed by atoms with Crippen molar-refractivity contribution in [3.63, 3.8) is 0 Å². The van der Waals surface area contributed by atoms with Gasteiger partial charge in [-0.15, -0.1) is 0 Å². The molecule has 0 aliphatic carbocycles. The van der Waals surface area contributed by atoms with Crippen LogP contribution in [0.2, 0.25) is 5.02 Å². The van der Waals surface area contributed by atoms with Crippen molar-refractivity contribution in [2.75, 3.05) is 0 Å². The molecule has 2 rings (SSSR count). The number of carbonyl (C=O) groups is 1. The predicted molar refractivity (Wildman–Crippen MR) is 79.9 cm³/mol. The van der Waals surface area contributed by atoms with Gasteiger partial charge in [-0.2, -0.15) is 5.10 Å². The molecule has 1 aromatic heterocycles. The van der Waals surface area contributed by atoms with E-state index in [1.165, 1.54) is 6.20 Å². The van der Waals surface area contributed by atoms with Gasteiger partial charge in [0.05, 0.1) is 17.3 Å². The molecular formula is C15H18ClN3O. The van der Waals surface area contributed by atoms with Crippen LogP contribution in [0, 0.1) is 0 Å². The monoisotopic (exact) mass is 291 g/mol. The molecule has 1 N–H and O–H groups in total. The molecule has 0 saturated carbocycles. The maximum absolute atomic E-state index is 12.4. The summed E-state index contributed by atoms with van der Waals surface area (Å²) in [6, 6.07) is 9.88. The molecule has 0 saturated heterocycles. The van der Waals surface area contributed by atoms with Crippen LogP contribution in [0.15, 0.2) is 36.5 Å². The molecule has 0 fully saturated rings. The summed E-state index contributed by atoms with van der Waals surface area (Å²) in [6.45, 7) is 4.57. The highest BCUT2D eigenvalue weighted by Crippen LogP contribution is 2.19. The highest BCUT2D eigenvalue weighted by molar-refractivity contribution is 6.33. The van der Waals surface area contributed by atoms with Gasteiger partial charge in [0.2, 0.25) is 0 Å². The Bertz CT molecular complexity index is 580. The van der Waals surface area contributed by atoms with Gasteiger partial charge in [0.15, 0.2) is 0 Å². The molecule has 4 nitrogen and oxygen atoms in total. The quantitative estimate of drug-likeness (QED) is 0.917. The average Bonchev–Trinajstić information content (AvgIpc) is 2.86. The fourth-order valence-corrected chi connectivity index (χ4v) is 2.39. The third-order valence-corrected chi connectivity index (χ3v) is 3.50. The van der Waals surface area contributed by atoms with E-state index in [4.69, 9.17) is 11.6 Å². The average molecular weight is 292 g/mol. The maximum Gasteiger partial charge on any atom is 0.271 e. The van der Waals surface area contributed by atoms with Crippen LogP contribution in [0.25, 0.3) is 0 Å². The summed E-state index contributed by atoms with van der Waals surface area (Å²) in [4.78, 5) is 12.4. The third kappa shape index (κ3) is 3.02. The number of nitrogens with zero attached hydrogens (tertiary/aromatic N) is 2. The van der Waals surface area contributed by atoms with E-state index in [2.05, 4.69) is 10.4 Å². The zero-order valence-electron chi connectivity index (χ0n) is 11.6. The minimum absolute atomic E-state index is 0.0278. The van der Waals surface area contributed by atoms with E-state index in [0.717, 1.165) is 12.0 Å². The molecule has 20 heavy (non-hydrogen) atoms. The molecule has 1 aromatic carbocycles. The molecule has 0 aliphatic heterocycles. The van der Waals surface area contributed by atoms with Gasteiger partial charge in [0.25, 0.3) is 5.91 Å². The van der Waals surface area contributed by atoms with Gasteiger partial charge in [-0.25, -0.2) is 0 Å². The zero-order chi connectivity index (χ0) is 14.5. The van der Waals surface area contributed by atoms with Crippen molar-refractivity contribution in [2.45, 2.75) is 32.9 Å². The lowest BCUT2D eigenvalue weighted by Crippen LogP contribution is -2.30. The molecule has 5 heteroatoms. The number of nitrogens with one attached hydrogen (secondary N) is 1. The van der Waals surface area contributed by atoms with Gasteiger partial charge in [-0.3, -0.25) is 9.48 Å². The molecule has 1 heterocycles. The van der Waals surface area contributed by atoms with E-state index >= 15 is 0 Å². The van der Waals surface area contributed by atoms with Gasteiger partial charge >= 0.3 is 0 Å². The van der Waals surface area contributed by atoms with Crippen LogP contribution >= 0.6 is 11.6 Å². The van der Waals surface area contributed by atoms with E-state index in [1.54, 1.807) is 4.68 Å². The largest absolute Gasteiger partial charge is 0.344 e. The van der Waals surface area contributed by atoms with Crippen molar-refractivity contribution in [3.05, 3.63) is 52.8 Å². The van der Waals surface area contributed by atoms with E-state index in [1.807, 2.05) is 44.2 Å². The van der Waals surface area contributed by atoms with Crippen LogP contribution < -0.4 is 5.32 Å². The number of hydrogen-bond acceptors (Lipinski definition) is 2. The second-order valence-corrected chi connectivity index (χ2v) is 4.91. The lowest BCUT2D eigenvalue weighted by Gasteiger charge is -2.17. The molecule has 0 spiro atoms.